The number of halogens is 2. The lowest BCUT2D eigenvalue weighted by atomic mass is 10.2. The zero-order valence-corrected chi connectivity index (χ0v) is 13.7. The molecule has 0 aliphatic heterocycles. The van der Waals surface area contributed by atoms with Crippen LogP contribution < -0.4 is 15.8 Å². The van der Waals surface area contributed by atoms with Crippen LogP contribution in [0.1, 0.15) is 17.3 Å². The highest BCUT2D eigenvalue weighted by atomic mass is 79.9. The van der Waals surface area contributed by atoms with E-state index in [4.69, 9.17) is 22.1 Å². The Hall–Kier alpha value is -1.72. The molecule has 21 heavy (non-hydrogen) atoms. The molecule has 0 aliphatic carbocycles. The maximum atomic E-state index is 12.4. The van der Waals surface area contributed by atoms with Gasteiger partial charge in [0.1, 0.15) is 5.75 Å². The van der Waals surface area contributed by atoms with E-state index in [2.05, 4.69) is 21.2 Å². The van der Waals surface area contributed by atoms with Crippen LogP contribution in [0.3, 0.4) is 0 Å². The third-order valence-electron chi connectivity index (χ3n) is 2.72. The van der Waals surface area contributed by atoms with E-state index in [0.717, 1.165) is 0 Å². The van der Waals surface area contributed by atoms with Gasteiger partial charge in [-0.25, -0.2) is 0 Å². The summed E-state index contributed by atoms with van der Waals surface area (Å²) in [4.78, 5) is 12.4. The summed E-state index contributed by atoms with van der Waals surface area (Å²) >= 11 is 9.30. The molecule has 4 nitrogen and oxygen atoms in total. The van der Waals surface area contributed by atoms with E-state index in [9.17, 15) is 4.79 Å². The fraction of sp³-hybridized carbons (Fsp3) is 0.133. The summed E-state index contributed by atoms with van der Waals surface area (Å²) in [5, 5.41) is 3.30. The van der Waals surface area contributed by atoms with Crippen molar-refractivity contribution in [1.29, 1.82) is 0 Å². The van der Waals surface area contributed by atoms with Crippen LogP contribution in [0.15, 0.2) is 40.9 Å². The molecule has 0 aliphatic rings. The number of nitrogen functional groups attached to an aromatic ring is 1. The molecule has 2 aromatic rings. The van der Waals surface area contributed by atoms with E-state index in [1.165, 1.54) is 0 Å². The molecule has 2 aromatic carbocycles. The molecule has 0 fully saturated rings. The van der Waals surface area contributed by atoms with Gasteiger partial charge in [-0.3, -0.25) is 4.79 Å². The van der Waals surface area contributed by atoms with Crippen molar-refractivity contribution in [3.05, 3.63) is 51.5 Å². The van der Waals surface area contributed by atoms with Crippen molar-refractivity contribution in [2.75, 3.05) is 17.7 Å². The molecule has 0 radical (unpaired) electrons. The molecule has 6 heteroatoms. The minimum Gasteiger partial charge on any atom is -0.492 e. The zero-order chi connectivity index (χ0) is 15.4. The van der Waals surface area contributed by atoms with Crippen molar-refractivity contribution >= 4 is 44.8 Å². The standard InChI is InChI=1S/C15H14BrClN2O2/c1-2-21-14-6-3-9(17)7-13(14)19-15(20)11-8-10(18)4-5-12(11)16/h3-8H,2,18H2,1H3,(H,19,20). The number of nitrogens with one attached hydrogen (secondary N) is 1. The monoisotopic (exact) mass is 368 g/mol. The molecular formula is C15H14BrClN2O2. The molecule has 0 atom stereocenters. The Balaban J connectivity index is 2.31. The summed E-state index contributed by atoms with van der Waals surface area (Å²) in [5.41, 5.74) is 7.19. The second kappa shape index (κ2) is 6.83. The van der Waals surface area contributed by atoms with Gasteiger partial charge in [-0.05, 0) is 59.3 Å². The molecular weight excluding hydrogens is 356 g/mol. The van der Waals surface area contributed by atoms with Gasteiger partial charge in [-0.2, -0.15) is 0 Å². The van der Waals surface area contributed by atoms with Crippen LogP contribution in [0.5, 0.6) is 5.75 Å². The van der Waals surface area contributed by atoms with Gasteiger partial charge in [-0.1, -0.05) is 11.6 Å². The number of hydrogen-bond donors (Lipinski definition) is 2. The van der Waals surface area contributed by atoms with Crippen molar-refractivity contribution in [1.82, 2.24) is 0 Å². The number of rotatable bonds is 4. The van der Waals surface area contributed by atoms with Gasteiger partial charge in [-0.15, -0.1) is 0 Å². The first-order valence-electron chi connectivity index (χ1n) is 6.30. The molecule has 0 unspecified atom stereocenters. The van der Waals surface area contributed by atoms with E-state index < -0.39 is 0 Å². The van der Waals surface area contributed by atoms with Gasteiger partial charge in [0.2, 0.25) is 0 Å². The average molecular weight is 370 g/mol. The number of carbonyl (C=O) groups is 1. The highest BCUT2D eigenvalue weighted by Gasteiger charge is 2.13. The largest absolute Gasteiger partial charge is 0.492 e. The molecule has 1 amide bonds. The normalized spacial score (nSPS) is 10.2. The summed E-state index contributed by atoms with van der Waals surface area (Å²) in [6.07, 6.45) is 0. The minimum atomic E-state index is -0.294. The molecule has 0 spiro atoms. The maximum Gasteiger partial charge on any atom is 0.256 e. The Morgan fingerprint density at radius 1 is 1.33 bits per heavy atom. The predicted octanol–water partition coefficient (Wildman–Crippen LogP) is 4.34. The van der Waals surface area contributed by atoms with E-state index in [0.29, 0.717) is 38.8 Å². The van der Waals surface area contributed by atoms with Gasteiger partial charge in [0.25, 0.3) is 5.91 Å². The van der Waals surface area contributed by atoms with Gasteiger partial charge >= 0.3 is 0 Å². The number of nitrogens with two attached hydrogens (primary N) is 1. The van der Waals surface area contributed by atoms with E-state index >= 15 is 0 Å². The fourth-order valence-corrected chi connectivity index (χ4v) is 2.39. The second-order valence-electron chi connectivity index (χ2n) is 4.27. The van der Waals surface area contributed by atoms with Crippen molar-refractivity contribution in [2.24, 2.45) is 0 Å². The first kappa shape index (κ1) is 15.7. The Bertz CT molecular complexity index is 677. The van der Waals surface area contributed by atoms with Crippen LogP contribution in [-0.2, 0) is 0 Å². The van der Waals surface area contributed by atoms with E-state index in [-0.39, 0.29) is 5.91 Å². The van der Waals surface area contributed by atoms with Crippen LogP contribution in [-0.4, -0.2) is 12.5 Å². The smallest absolute Gasteiger partial charge is 0.256 e. The van der Waals surface area contributed by atoms with E-state index in [1.54, 1.807) is 36.4 Å². The predicted molar refractivity (Wildman–Crippen MR) is 89.1 cm³/mol. The third-order valence-corrected chi connectivity index (χ3v) is 3.65. The topological polar surface area (TPSA) is 64.3 Å². The van der Waals surface area contributed by atoms with Crippen molar-refractivity contribution < 1.29 is 9.53 Å². The summed E-state index contributed by atoms with van der Waals surface area (Å²) in [5.74, 6) is 0.271. The van der Waals surface area contributed by atoms with Crippen molar-refractivity contribution in [3.63, 3.8) is 0 Å². The van der Waals surface area contributed by atoms with Crippen LogP contribution in [0.4, 0.5) is 11.4 Å². The molecule has 0 heterocycles. The fourth-order valence-electron chi connectivity index (χ4n) is 1.79. The van der Waals surface area contributed by atoms with Gasteiger partial charge in [0.15, 0.2) is 0 Å². The molecule has 0 bridgehead atoms. The first-order valence-corrected chi connectivity index (χ1v) is 7.47. The van der Waals surface area contributed by atoms with Gasteiger partial charge < -0.3 is 15.8 Å². The number of anilines is 2. The van der Waals surface area contributed by atoms with E-state index in [1.807, 2.05) is 6.92 Å². The molecule has 0 saturated carbocycles. The van der Waals surface area contributed by atoms with Crippen LogP contribution in [0.25, 0.3) is 0 Å². The highest BCUT2D eigenvalue weighted by molar-refractivity contribution is 9.10. The first-order chi connectivity index (χ1) is 10.0. The van der Waals surface area contributed by atoms with Crippen molar-refractivity contribution in [2.45, 2.75) is 6.92 Å². The second-order valence-corrected chi connectivity index (χ2v) is 5.56. The third kappa shape index (κ3) is 3.89. The summed E-state index contributed by atoms with van der Waals surface area (Å²) in [6.45, 7) is 2.36. The number of benzene rings is 2. The number of hydrogen-bond acceptors (Lipinski definition) is 3. The quantitative estimate of drug-likeness (QED) is 0.788. The van der Waals surface area contributed by atoms with Gasteiger partial charge in [0.05, 0.1) is 17.9 Å². The van der Waals surface area contributed by atoms with Crippen molar-refractivity contribution in [3.8, 4) is 5.75 Å². The molecule has 2 rings (SSSR count). The van der Waals surface area contributed by atoms with Gasteiger partial charge in [0, 0.05) is 15.2 Å². The lowest BCUT2D eigenvalue weighted by molar-refractivity contribution is 0.102. The van der Waals surface area contributed by atoms with Crippen LogP contribution >= 0.6 is 27.5 Å². The summed E-state index contributed by atoms with van der Waals surface area (Å²) in [6, 6.07) is 10.1. The minimum absolute atomic E-state index is 0.294. The summed E-state index contributed by atoms with van der Waals surface area (Å²) < 4.78 is 6.13. The molecule has 0 aromatic heterocycles. The zero-order valence-electron chi connectivity index (χ0n) is 11.3. The van der Waals surface area contributed by atoms with Crippen LogP contribution in [0, 0.1) is 0 Å². The lowest BCUT2D eigenvalue weighted by Crippen LogP contribution is -2.14. The Labute approximate surface area is 136 Å². The maximum absolute atomic E-state index is 12.4. The lowest BCUT2D eigenvalue weighted by Gasteiger charge is -2.12. The molecule has 3 N–H and O–H groups in total. The number of amides is 1. The Kier molecular flexibility index (Phi) is 5.09. The van der Waals surface area contributed by atoms with Crippen LogP contribution in [0.2, 0.25) is 5.02 Å². The highest BCUT2D eigenvalue weighted by Crippen LogP contribution is 2.29. The number of ether oxygens (including phenoxy) is 1. The average Bonchev–Trinajstić information content (AvgIpc) is 2.44. The Morgan fingerprint density at radius 2 is 2.10 bits per heavy atom. The molecule has 0 saturated heterocycles. The Morgan fingerprint density at radius 3 is 2.81 bits per heavy atom. The SMILES string of the molecule is CCOc1ccc(Cl)cc1NC(=O)c1cc(N)ccc1Br. The summed E-state index contributed by atoms with van der Waals surface area (Å²) in [7, 11) is 0. The number of carbonyl (C=O) groups excluding carboxylic acids is 1. The molecule has 110 valence electrons.